The van der Waals surface area contributed by atoms with Gasteiger partial charge in [-0.2, -0.15) is 0 Å². The number of carbonyl (C=O) groups excluding carboxylic acids is 1. The lowest BCUT2D eigenvalue weighted by Gasteiger charge is -2.23. The zero-order valence-electron chi connectivity index (χ0n) is 16.6. The molecule has 0 saturated carbocycles. The van der Waals surface area contributed by atoms with Crippen LogP contribution in [0.25, 0.3) is 0 Å². The summed E-state index contributed by atoms with van der Waals surface area (Å²) < 4.78 is 53.6. The van der Waals surface area contributed by atoms with Crippen LogP contribution in [-0.4, -0.2) is 48.9 Å². The Hall–Kier alpha value is -2.59. The summed E-state index contributed by atoms with van der Waals surface area (Å²) >= 11 is 0. The maximum Gasteiger partial charge on any atom is 0.241 e. The molecule has 0 radical (unpaired) electrons. The molecular weight excluding hydrogens is 416 g/mol. The molecule has 0 aliphatic carbocycles. The van der Waals surface area contributed by atoms with Crippen LogP contribution in [0.4, 0.5) is 5.69 Å². The van der Waals surface area contributed by atoms with E-state index in [0.717, 1.165) is 16.8 Å². The fourth-order valence-corrected chi connectivity index (χ4v) is 4.15. The number of sulfonamides is 1. The molecule has 0 aliphatic rings. The van der Waals surface area contributed by atoms with Gasteiger partial charge in [0.1, 0.15) is 12.3 Å². The Kier molecular flexibility index (Phi) is 6.91. The van der Waals surface area contributed by atoms with Gasteiger partial charge in [0.25, 0.3) is 0 Å². The summed E-state index contributed by atoms with van der Waals surface area (Å²) in [7, 11) is -5.55. The number of anilines is 1. The van der Waals surface area contributed by atoms with Crippen molar-refractivity contribution in [2.45, 2.75) is 17.9 Å². The lowest BCUT2D eigenvalue weighted by Crippen LogP contribution is -2.41. The third-order valence-electron chi connectivity index (χ3n) is 4.21. The number of sulfone groups is 1. The molecule has 1 atom stereocenters. The quantitative estimate of drug-likeness (QED) is 0.670. The lowest BCUT2D eigenvalue weighted by atomic mass is 10.1. The van der Waals surface area contributed by atoms with Crippen LogP contribution in [0.1, 0.15) is 18.5 Å². The Morgan fingerprint density at radius 2 is 1.69 bits per heavy atom. The van der Waals surface area contributed by atoms with E-state index >= 15 is 0 Å². The van der Waals surface area contributed by atoms with Gasteiger partial charge < -0.3 is 10.1 Å². The lowest BCUT2D eigenvalue weighted by molar-refractivity contribution is -0.120. The maximum atomic E-state index is 12.5. The van der Waals surface area contributed by atoms with E-state index in [9.17, 15) is 21.6 Å². The van der Waals surface area contributed by atoms with E-state index in [1.165, 1.54) is 25.3 Å². The molecule has 0 heterocycles. The highest BCUT2D eigenvalue weighted by molar-refractivity contribution is 7.92. The number of nitrogens with one attached hydrogen (secondary N) is 1. The second-order valence-corrected chi connectivity index (χ2v) is 10.5. The summed E-state index contributed by atoms with van der Waals surface area (Å²) in [6.45, 7) is 1.32. The van der Waals surface area contributed by atoms with E-state index in [2.05, 4.69) is 5.32 Å². The minimum atomic E-state index is -3.71. The van der Waals surface area contributed by atoms with E-state index in [4.69, 9.17) is 4.74 Å². The molecular formula is C19H24N2O6S2. The van der Waals surface area contributed by atoms with Gasteiger partial charge in [-0.05, 0) is 36.8 Å². The van der Waals surface area contributed by atoms with Crippen LogP contribution in [0.15, 0.2) is 53.4 Å². The highest BCUT2D eigenvalue weighted by Crippen LogP contribution is 2.23. The largest absolute Gasteiger partial charge is 0.497 e. The van der Waals surface area contributed by atoms with Gasteiger partial charge in [-0.3, -0.25) is 9.10 Å². The summed E-state index contributed by atoms with van der Waals surface area (Å²) in [6, 6.07) is 12.1. The van der Waals surface area contributed by atoms with Crippen LogP contribution >= 0.6 is 0 Å². The number of methoxy groups -OCH3 is 1. The molecule has 8 nitrogen and oxygen atoms in total. The van der Waals surface area contributed by atoms with Gasteiger partial charge in [0, 0.05) is 12.3 Å². The maximum absolute atomic E-state index is 12.5. The van der Waals surface area contributed by atoms with Crippen molar-refractivity contribution in [1.82, 2.24) is 5.32 Å². The highest BCUT2D eigenvalue weighted by atomic mass is 32.2. The van der Waals surface area contributed by atoms with Crippen LogP contribution < -0.4 is 14.4 Å². The van der Waals surface area contributed by atoms with E-state index in [-0.39, 0.29) is 4.90 Å². The van der Waals surface area contributed by atoms with Crippen molar-refractivity contribution in [2.24, 2.45) is 0 Å². The predicted molar refractivity (Wildman–Crippen MR) is 111 cm³/mol. The molecule has 0 aromatic heterocycles. The summed E-state index contributed by atoms with van der Waals surface area (Å²) in [5.41, 5.74) is 1.00. The number of hydrogen-bond donors (Lipinski definition) is 1. The van der Waals surface area contributed by atoms with Crippen LogP contribution in [-0.2, 0) is 24.7 Å². The normalized spacial score (nSPS) is 12.8. The number of carbonyl (C=O) groups is 1. The molecule has 1 N–H and O–H groups in total. The minimum Gasteiger partial charge on any atom is -0.497 e. The van der Waals surface area contributed by atoms with Gasteiger partial charge in [-0.25, -0.2) is 16.8 Å². The third-order valence-corrected chi connectivity index (χ3v) is 6.48. The van der Waals surface area contributed by atoms with Gasteiger partial charge in [0.2, 0.25) is 15.9 Å². The summed E-state index contributed by atoms with van der Waals surface area (Å²) in [4.78, 5) is 12.7. The number of nitrogens with zero attached hydrogens (tertiary/aromatic N) is 1. The molecule has 0 unspecified atom stereocenters. The smallest absolute Gasteiger partial charge is 0.241 e. The minimum absolute atomic E-state index is 0.182. The first kappa shape index (κ1) is 22.7. The number of ether oxygens (including phenoxy) is 1. The number of benzene rings is 2. The van der Waals surface area contributed by atoms with Crippen molar-refractivity contribution in [3.05, 3.63) is 54.1 Å². The van der Waals surface area contributed by atoms with Gasteiger partial charge in [-0.1, -0.05) is 18.2 Å². The number of rotatable bonds is 8. The van der Waals surface area contributed by atoms with Gasteiger partial charge in [0.05, 0.1) is 30.0 Å². The van der Waals surface area contributed by atoms with Crippen molar-refractivity contribution in [1.29, 1.82) is 0 Å². The zero-order chi connectivity index (χ0) is 21.8. The fourth-order valence-electron chi connectivity index (χ4n) is 2.67. The van der Waals surface area contributed by atoms with Gasteiger partial charge >= 0.3 is 0 Å². The van der Waals surface area contributed by atoms with Gasteiger partial charge in [-0.15, -0.1) is 0 Å². The van der Waals surface area contributed by atoms with Crippen molar-refractivity contribution in [3.63, 3.8) is 0 Å². The Balaban J connectivity index is 2.15. The molecule has 1 amide bonds. The van der Waals surface area contributed by atoms with E-state index in [1.54, 1.807) is 37.3 Å². The molecule has 29 heavy (non-hydrogen) atoms. The molecule has 158 valence electrons. The molecule has 0 fully saturated rings. The summed E-state index contributed by atoms with van der Waals surface area (Å²) in [6.07, 6.45) is 2.14. The van der Waals surface area contributed by atoms with Gasteiger partial charge in [0.15, 0.2) is 9.84 Å². The monoisotopic (exact) mass is 440 g/mol. The fraction of sp³-hybridized carbons (Fsp3) is 0.316. The number of hydrogen-bond acceptors (Lipinski definition) is 6. The van der Waals surface area contributed by atoms with Crippen LogP contribution in [0.3, 0.4) is 0 Å². The predicted octanol–water partition coefficient (Wildman–Crippen LogP) is 1.74. The second-order valence-electron chi connectivity index (χ2n) is 6.60. The average molecular weight is 441 g/mol. The van der Waals surface area contributed by atoms with Crippen molar-refractivity contribution < 1.29 is 26.4 Å². The van der Waals surface area contributed by atoms with Crippen LogP contribution in [0, 0.1) is 0 Å². The molecule has 10 heteroatoms. The summed E-state index contributed by atoms with van der Waals surface area (Å²) in [5, 5.41) is 2.73. The first-order valence-electron chi connectivity index (χ1n) is 8.63. The summed E-state index contributed by atoms with van der Waals surface area (Å²) in [5.74, 6) is -0.0335. The Morgan fingerprint density at radius 1 is 1.07 bits per heavy atom. The molecule has 0 bridgehead atoms. The van der Waals surface area contributed by atoms with Crippen molar-refractivity contribution in [2.75, 3.05) is 30.5 Å². The molecule has 0 saturated heterocycles. The SMILES string of the molecule is COc1cccc(N(CC(=O)N[C@@H](C)c2ccc(S(C)(=O)=O)cc2)S(C)(=O)=O)c1. The Morgan fingerprint density at radius 3 is 2.21 bits per heavy atom. The molecule has 2 rings (SSSR count). The van der Waals surface area contributed by atoms with E-state index in [0.29, 0.717) is 17.0 Å². The van der Waals surface area contributed by atoms with E-state index in [1.807, 2.05) is 0 Å². The number of amides is 1. The molecule has 0 aliphatic heterocycles. The standard InChI is InChI=1S/C19H24N2O6S2/c1-14(15-8-10-18(11-9-15)28(3,23)24)20-19(22)13-21(29(4,25)26)16-6-5-7-17(12-16)27-2/h5-12,14H,13H2,1-4H3,(H,20,22)/t14-/m0/s1. The molecule has 2 aromatic carbocycles. The topological polar surface area (TPSA) is 110 Å². The Bertz CT molecular complexity index is 1080. The second kappa shape index (κ2) is 8.83. The average Bonchev–Trinajstić information content (AvgIpc) is 2.64. The Labute approximate surface area is 171 Å². The third kappa shape index (κ3) is 6.20. The molecule has 2 aromatic rings. The van der Waals surface area contributed by atoms with Crippen LogP contribution in [0.5, 0.6) is 5.75 Å². The first-order chi connectivity index (χ1) is 13.4. The first-order valence-corrected chi connectivity index (χ1v) is 12.4. The van der Waals surface area contributed by atoms with E-state index < -0.39 is 38.4 Å². The highest BCUT2D eigenvalue weighted by Gasteiger charge is 2.22. The molecule has 0 spiro atoms. The van der Waals surface area contributed by atoms with Crippen molar-refractivity contribution >= 4 is 31.5 Å². The van der Waals surface area contributed by atoms with Crippen LogP contribution in [0.2, 0.25) is 0 Å². The van der Waals surface area contributed by atoms with Crippen molar-refractivity contribution in [3.8, 4) is 5.75 Å². The zero-order valence-corrected chi connectivity index (χ0v) is 18.2.